The monoisotopic (exact) mass is 260 g/mol. The number of hydrogen-bond acceptors (Lipinski definition) is 1. The standard InChI is InChI=1S/C16H24N2O/c1-3-14(4-2)17-15(19)18-16-8-11-5-12(9-16)7-13(6-11)10-16/h1,11-14H,4-10H2,2H3,(H2,17,18,19). The number of terminal acetylenes is 1. The summed E-state index contributed by atoms with van der Waals surface area (Å²) in [6.45, 7) is 2.00. The molecule has 104 valence electrons. The van der Waals surface area contributed by atoms with E-state index in [4.69, 9.17) is 6.42 Å². The third-order valence-corrected chi connectivity index (χ3v) is 5.33. The molecule has 3 nitrogen and oxygen atoms in total. The fourth-order valence-corrected chi connectivity index (χ4v) is 4.96. The summed E-state index contributed by atoms with van der Waals surface area (Å²) >= 11 is 0. The predicted molar refractivity (Wildman–Crippen MR) is 75.5 cm³/mol. The van der Waals surface area contributed by atoms with Crippen molar-refractivity contribution in [3.8, 4) is 12.3 Å². The van der Waals surface area contributed by atoms with Gasteiger partial charge < -0.3 is 10.6 Å². The SMILES string of the molecule is C#CC(CC)NC(=O)NC12CC3CC(CC(C3)C1)C2. The molecule has 2 N–H and O–H groups in total. The van der Waals surface area contributed by atoms with Gasteiger partial charge in [-0.15, -0.1) is 6.42 Å². The van der Waals surface area contributed by atoms with Gasteiger partial charge in [-0.3, -0.25) is 0 Å². The van der Waals surface area contributed by atoms with Crippen molar-refractivity contribution in [2.75, 3.05) is 0 Å². The zero-order chi connectivity index (χ0) is 13.5. The third-order valence-electron chi connectivity index (χ3n) is 5.33. The minimum atomic E-state index is -0.145. The molecule has 0 heterocycles. The molecule has 0 aliphatic heterocycles. The second-order valence-corrected chi connectivity index (χ2v) is 6.92. The second kappa shape index (κ2) is 4.74. The summed E-state index contributed by atoms with van der Waals surface area (Å²) in [5.74, 6) is 5.16. The van der Waals surface area contributed by atoms with Gasteiger partial charge in [-0.1, -0.05) is 12.8 Å². The Balaban J connectivity index is 1.63. The van der Waals surface area contributed by atoms with Crippen molar-refractivity contribution >= 4 is 6.03 Å². The summed E-state index contributed by atoms with van der Waals surface area (Å²) in [6.07, 6.45) is 13.9. The van der Waals surface area contributed by atoms with Crippen LogP contribution in [0, 0.1) is 30.1 Å². The molecule has 0 aromatic heterocycles. The molecule has 0 aromatic carbocycles. The highest BCUT2D eigenvalue weighted by atomic mass is 16.2. The Hall–Kier alpha value is -1.17. The van der Waals surface area contributed by atoms with Crippen LogP contribution in [0.5, 0.6) is 0 Å². The Morgan fingerprint density at radius 3 is 2.21 bits per heavy atom. The van der Waals surface area contributed by atoms with Crippen molar-refractivity contribution < 1.29 is 4.79 Å². The maximum atomic E-state index is 12.1. The Morgan fingerprint density at radius 2 is 1.79 bits per heavy atom. The van der Waals surface area contributed by atoms with Crippen LogP contribution in [0.25, 0.3) is 0 Å². The fourth-order valence-electron chi connectivity index (χ4n) is 4.96. The normalized spacial score (nSPS) is 40.5. The molecule has 0 aromatic rings. The van der Waals surface area contributed by atoms with Crippen LogP contribution < -0.4 is 10.6 Å². The van der Waals surface area contributed by atoms with Gasteiger partial charge in [0.1, 0.15) is 0 Å². The first-order valence-electron chi connectivity index (χ1n) is 7.67. The zero-order valence-corrected chi connectivity index (χ0v) is 11.7. The molecule has 2 amide bonds. The van der Waals surface area contributed by atoms with Crippen molar-refractivity contribution in [1.82, 2.24) is 10.6 Å². The Bertz CT molecular complexity index is 374. The largest absolute Gasteiger partial charge is 0.333 e. The van der Waals surface area contributed by atoms with Crippen molar-refractivity contribution in [2.24, 2.45) is 17.8 Å². The van der Waals surface area contributed by atoms with E-state index in [0.717, 1.165) is 24.2 Å². The molecule has 4 aliphatic rings. The molecule has 0 radical (unpaired) electrons. The molecule has 0 saturated heterocycles. The molecular formula is C16H24N2O. The van der Waals surface area contributed by atoms with E-state index in [0.29, 0.717) is 0 Å². The smallest absolute Gasteiger partial charge is 0.316 e. The highest BCUT2D eigenvalue weighted by Gasteiger charge is 2.51. The van der Waals surface area contributed by atoms with E-state index in [9.17, 15) is 4.79 Å². The lowest BCUT2D eigenvalue weighted by atomic mass is 9.53. The number of urea groups is 1. The maximum absolute atomic E-state index is 12.1. The zero-order valence-electron chi connectivity index (χ0n) is 11.7. The summed E-state index contributed by atoms with van der Waals surface area (Å²) in [7, 11) is 0. The number of carbonyl (C=O) groups is 1. The van der Waals surface area contributed by atoms with Crippen molar-refractivity contribution in [3.63, 3.8) is 0 Å². The minimum absolute atomic E-state index is 0.0632. The van der Waals surface area contributed by atoms with Gasteiger partial charge in [0.05, 0.1) is 6.04 Å². The predicted octanol–water partition coefficient (Wildman–Crippen LogP) is 2.67. The van der Waals surface area contributed by atoms with Crippen LogP contribution in [0.3, 0.4) is 0 Å². The summed E-state index contributed by atoms with van der Waals surface area (Å²) < 4.78 is 0. The highest BCUT2D eigenvalue weighted by molar-refractivity contribution is 5.75. The summed E-state index contributed by atoms with van der Waals surface area (Å²) in [6, 6.07) is -0.208. The van der Waals surface area contributed by atoms with Crippen LogP contribution >= 0.6 is 0 Å². The van der Waals surface area contributed by atoms with E-state index in [2.05, 4.69) is 16.6 Å². The lowest BCUT2D eigenvalue weighted by Crippen LogP contribution is -2.62. The number of hydrogen-bond donors (Lipinski definition) is 2. The molecule has 19 heavy (non-hydrogen) atoms. The lowest BCUT2D eigenvalue weighted by Gasteiger charge is -2.56. The van der Waals surface area contributed by atoms with Gasteiger partial charge >= 0.3 is 6.03 Å². The van der Waals surface area contributed by atoms with E-state index in [1.165, 1.54) is 38.5 Å². The van der Waals surface area contributed by atoms with Crippen LogP contribution in [0.2, 0.25) is 0 Å². The van der Waals surface area contributed by atoms with E-state index in [-0.39, 0.29) is 17.6 Å². The Labute approximate surface area is 115 Å². The topological polar surface area (TPSA) is 41.1 Å². The van der Waals surface area contributed by atoms with Crippen LogP contribution in [0.1, 0.15) is 51.9 Å². The summed E-state index contributed by atoms with van der Waals surface area (Å²) in [4.78, 5) is 12.1. The third kappa shape index (κ3) is 2.45. The van der Waals surface area contributed by atoms with Gasteiger partial charge in [0, 0.05) is 5.54 Å². The molecule has 4 fully saturated rings. The second-order valence-electron chi connectivity index (χ2n) is 6.92. The molecule has 4 saturated carbocycles. The first-order chi connectivity index (χ1) is 9.12. The molecule has 4 rings (SSSR count). The van der Waals surface area contributed by atoms with Crippen LogP contribution in [0.4, 0.5) is 4.79 Å². The Morgan fingerprint density at radius 1 is 1.26 bits per heavy atom. The molecule has 3 heteroatoms. The number of amides is 2. The van der Waals surface area contributed by atoms with Gasteiger partial charge in [-0.25, -0.2) is 4.79 Å². The van der Waals surface area contributed by atoms with Gasteiger partial charge in [-0.2, -0.15) is 0 Å². The maximum Gasteiger partial charge on any atom is 0.316 e. The summed E-state index contributed by atoms with van der Waals surface area (Å²) in [5.41, 5.74) is 0.0751. The number of carbonyl (C=O) groups excluding carboxylic acids is 1. The molecule has 1 atom stereocenters. The summed E-state index contributed by atoms with van der Waals surface area (Å²) in [5, 5.41) is 6.18. The molecule has 4 bridgehead atoms. The van der Waals surface area contributed by atoms with Crippen LogP contribution in [-0.2, 0) is 0 Å². The first kappa shape index (κ1) is 12.8. The lowest BCUT2D eigenvalue weighted by molar-refractivity contribution is -0.0135. The number of nitrogens with one attached hydrogen (secondary N) is 2. The van der Waals surface area contributed by atoms with Crippen LogP contribution in [-0.4, -0.2) is 17.6 Å². The van der Waals surface area contributed by atoms with E-state index in [1.54, 1.807) is 0 Å². The molecular weight excluding hydrogens is 236 g/mol. The van der Waals surface area contributed by atoms with E-state index in [1.807, 2.05) is 6.92 Å². The fraction of sp³-hybridized carbons (Fsp3) is 0.812. The quantitative estimate of drug-likeness (QED) is 0.753. The molecule has 0 spiro atoms. The van der Waals surface area contributed by atoms with Crippen LogP contribution in [0.15, 0.2) is 0 Å². The van der Waals surface area contributed by atoms with Gasteiger partial charge in [0.2, 0.25) is 0 Å². The minimum Gasteiger partial charge on any atom is -0.333 e. The number of rotatable bonds is 3. The van der Waals surface area contributed by atoms with Crippen molar-refractivity contribution in [1.29, 1.82) is 0 Å². The average molecular weight is 260 g/mol. The van der Waals surface area contributed by atoms with E-state index >= 15 is 0 Å². The first-order valence-corrected chi connectivity index (χ1v) is 7.67. The van der Waals surface area contributed by atoms with Gasteiger partial charge in [0.15, 0.2) is 0 Å². The molecule has 1 unspecified atom stereocenters. The van der Waals surface area contributed by atoms with Crippen molar-refractivity contribution in [3.05, 3.63) is 0 Å². The highest BCUT2D eigenvalue weighted by Crippen LogP contribution is 2.55. The van der Waals surface area contributed by atoms with Gasteiger partial charge in [-0.05, 0) is 62.7 Å². The van der Waals surface area contributed by atoms with Crippen molar-refractivity contribution in [2.45, 2.75) is 63.5 Å². The molecule has 4 aliphatic carbocycles. The van der Waals surface area contributed by atoms with Gasteiger partial charge in [0.25, 0.3) is 0 Å². The Kier molecular flexibility index (Phi) is 3.20. The average Bonchev–Trinajstić information content (AvgIpc) is 2.33. The van der Waals surface area contributed by atoms with E-state index < -0.39 is 0 Å².